The molecule has 27 heavy (non-hydrogen) atoms. The van der Waals surface area contributed by atoms with Crippen LogP contribution in [0.4, 0.5) is 5.69 Å². The highest BCUT2D eigenvalue weighted by atomic mass is 35.5. The van der Waals surface area contributed by atoms with Gasteiger partial charge in [-0.25, -0.2) is 9.13 Å². The number of ether oxygens (including phenoxy) is 1. The van der Waals surface area contributed by atoms with Crippen molar-refractivity contribution in [2.45, 2.75) is 25.9 Å². The quantitative estimate of drug-likeness (QED) is 0.684. The van der Waals surface area contributed by atoms with Gasteiger partial charge in [-0.15, -0.1) is 0 Å². The number of nitrogens with zero attached hydrogens (tertiary/aromatic N) is 2. The average molecular weight is 383 g/mol. The fraction of sp³-hybridized carbons (Fsp3) is 0.238. The predicted molar refractivity (Wildman–Crippen MR) is 105 cm³/mol. The van der Waals surface area contributed by atoms with E-state index in [0.717, 1.165) is 47.1 Å². The van der Waals surface area contributed by atoms with Crippen LogP contribution in [0.1, 0.15) is 12.2 Å². The van der Waals surface area contributed by atoms with Gasteiger partial charge in [-0.05, 0) is 55.0 Å². The number of hydrogen-bond acceptors (Lipinski definition) is 2. The third-order valence-electron chi connectivity index (χ3n) is 4.82. The first kappa shape index (κ1) is 17.6. The summed E-state index contributed by atoms with van der Waals surface area (Å²) in [7, 11) is 1.62. The van der Waals surface area contributed by atoms with Gasteiger partial charge in [-0.3, -0.25) is 4.79 Å². The lowest BCUT2D eigenvalue weighted by molar-refractivity contribution is -0.690. The molecule has 0 fully saturated rings. The van der Waals surface area contributed by atoms with Crippen molar-refractivity contribution in [2.24, 2.45) is 0 Å². The van der Waals surface area contributed by atoms with Crippen LogP contribution in [-0.2, 0) is 24.3 Å². The molecule has 1 aromatic heterocycles. The molecule has 6 heteroatoms. The SMILES string of the molecule is COc1ccc(NC(=O)C[n+]2cc(-c3ccc(Cl)cc3)n3c2CCC3)cc1. The lowest BCUT2D eigenvalue weighted by atomic mass is 10.2. The first-order chi connectivity index (χ1) is 13.1. The van der Waals surface area contributed by atoms with Crippen molar-refractivity contribution >= 4 is 23.2 Å². The van der Waals surface area contributed by atoms with Gasteiger partial charge in [-0.2, -0.15) is 0 Å². The van der Waals surface area contributed by atoms with E-state index in [1.54, 1.807) is 7.11 Å². The van der Waals surface area contributed by atoms with Crippen molar-refractivity contribution in [2.75, 3.05) is 12.4 Å². The molecular weight excluding hydrogens is 362 g/mol. The molecule has 2 heterocycles. The Labute approximate surface area is 163 Å². The molecule has 0 saturated heterocycles. The van der Waals surface area contributed by atoms with Gasteiger partial charge in [0.1, 0.15) is 11.9 Å². The van der Waals surface area contributed by atoms with E-state index in [-0.39, 0.29) is 12.5 Å². The molecule has 5 nitrogen and oxygen atoms in total. The number of nitrogens with one attached hydrogen (secondary N) is 1. The summed E-state index contributed by atoms with van der Waals surface area (Å²) in [4.78, 5) is 12.5. The second kappa shape index (κ2) is 7.45. The maximum atomic E-state index is 12.5. The minimum absolute atomic E-state index is 0.0480. The van der Waals surface area contributed by atoms with Crippen LogP contribution < -0.4 is 14.6 Å². The van der Waals surface area contributed by atoms with Crippen molar-refractivity contribution in [1.29, 1.82) is 0 Å². The average Bonchev–Trinajstić information content (AvgIpc) is 3.27. The molecule has 0 spiro atoms. The van der Waals surface area contributed by atoms with Crippen molar-refractivity contribution in [3.8, 4) is 17.0 Å². The summed E-state index contributed by atoms with van der Waals surface area (Å²) >= 11 is 6.01. The Balaban J connectivity index is 1.54. The van der Waals surface area contributed by atoms with Gasteiger partial charge in [0.15, 0.2) is 12.2 Å². The van der Waals surface area contributed by atoms with Gasteiger partial charge in [-0.1, -0.05) is 11.6 Å². The first-order valence-electron chi connectivity index (χ1n) is 8.96. The maximum Gasteiger partial charge on any atom is 0.266 e. The largest absolute Gasteiger partial charge is 0.497 e. The van der Waals surface area contributed by atoms with Gasteiger partial charge in [0, 0.05) is 16.3 Å². The molecule has 0 aliphatic carbocycles. The molecule has 0 saturated carbocycles. The highest BCUT2D eigenvalue weighted by molar-refractivity contribution is 6.30. The Morgan fingerprint density at radius 3 is 2.63 bits per heavy atom. The van der Waals surface area contributed by atoms with Crippen LogP contribution in [0.3, 0.4) is 0 Å². The number of carbonyl (C=O) groups is 1. The number of aromatic nitrogens is 2. The van der Waals surface area contributed by atoms with E-state index in [0.29, 0.717) is 0 Å². The maximum absolute atomic E-state index is 12.5. The summed E-state index contributed by atoms with van der Waals surface area (Å²) < 4.78 is 9.49. The number of imidazole rings is 1. The van der Waals surface area contributed by atoms with Crippen LogP contribution in [0.15, 0.2) is 54.7 Å². The van der Waals surface area contributed by atoms with Gasteiger partial charge in [0.25, 0.3) is 11.7 Å². The summed E-state index contributed by atoms with van der Waals surface area (Å²) in [6.45, 7) is 1.26. The van der Waals surface area contributed by atoms with E-state index < -0.39 is 0 Å². The van der Waals surface area contributed by atoms with E-state index in [9.17, 15) is 4.79 Å². The normalized spacial score (nSPS) is 12.7. The highest BCUT2D eigenvalue weighted by Crippen LogP contribution is 2.26. The predicted octanol–water partition coefficient (Wildman–Crippen LogP) is 3.69. The zero-order chi connectivity index (χ0) is 18.8. The minimum atomic E-state index is -0.0480. The second-order valence-corrected chi connectivity index (χ2v) is 7.03. The molecule has 138 valence electrons. The molecule has 3 aromatic rings. The summed E-state index contributed by atoms with van der Waals surface area (Å²) in [6.07, 6.45) is 4.13. The molecule has 1 N–H and O–H groups in total. The lowest BCUT2D eigenvalue weighted by Crippen LogP contribution is -2.42. The summed E-state index contributed by atoms with van der Waals surface area (Å²) in [5.41, 5.74) is 2.99. The minimum Gasteiger partial charge on any atom is -0.497 e. The number of halogens is 1. The zero-order valence-electron chi connectivity index (χ0n) is 15.1. The van der Waals surface area contributed by atoms with E-state index in [1.807, 2.05) is 48.5 Å². The van der Waals surface area contributed by atoms with Crippen LogP contribution in [0.2, 0.25) is 5.02 Å². The highest BCUT2D eigenvalue weighted by Gasteiger charge is 2.29. The van der Waals surface area contributed by atoms with Crippen LogP contribution in [0.25, 0.3) is 11.3 Å². The van der Waals surface area contributed by atoms with Crippen LogP contribution >= 0.6 is 11.6 Å². The summed E-state index contributed by atoms with van der Waals surface area (Å²) in [5.74, 6) is 1.90. The van der Waals surface area contributed by atoms with Crippen LogP contribution in [-0.4, -0.2) is 17.6 Å². The van der Waals surface area contributed by atoms with Crippen LogP contribution in [0, 0.1) is 0 Å². The number of amides is 1. The fourth-order valence-electron chi connectivity index (χ4n) is 3.53. The number of carbonyl (C=O) groups excluding carboxylic acids is 1. The molecular formula is C21H21ClN3O2+. The monoisotopic (exact) mass is 382 g/mol. The van der Waals surface area contributed by atoms with E-state index in [1.165, 1.54) is 5.82 Å². The first-order valence-corrected chi connectivity index (χ1v) is 9.33. The number of benzene rings is 2. The molecule has 1 aliphatic heterocycles. The van der Waals surface area contributed by atoms with Gasteiger partial charge in [0.05, 0.1) is 20.1 Å². The molecule has 2 aromatic carbocycles. The van der Waals surface area contributed by atoms with Crippen molar-refractivity contribution in [3.63, 3.8) is 0 Å². The van der Waals surface area contributed by atoms with Crippen molar-refractivity contribution in [1.82, 2.24) is 4.57 Å². The van der Waals surface area contributed by atoms with Gasteiger partial charge < -0.3 is 10.1 Å². The standard InChI is InChI=1S/C21H20ClN3O2/c1-27-18-10-8-17(9-11-18)23-20(26)14-24-13-19(25-12-2-3-21(24)25)15-4-6-16(22)7-5-15/h4-11,13H,2-3,12,14H2,1H3/p+1. The summed E-state index contributed by atoms with van der Waals surface area (Å²) in [5, 5.41) is 3.67. The van der Waals surface area contributed by atoms with Crippen LogP contribution in [0.5, 0.6) is 5.75 Å². The van der Waals surface area contributed by atoms with Gasteiger partial charge >= 0.3 is 0 Å². The number of methoxy groups -OCH3 is 1. The number of hydrogen-bond donors (Lipinski definition) is 1. The Kier molecular flexibility index (Phi) is 4.86. The topological polar surface area (TPSA) is 47.1 Å². The molecule has 1 aliphatic rings. The second-order valence-electron chi connectivity index (χ2n) is 6.60. The van der Waals surface area contributed by atoms with Crippen molar-refractivity contribution in [3.05, 3.63) is 65.6 Å². The zero-order valence-corrected chi connectivity index (χ0v) is 15.9. The molecule has 0 atom stereocenters. The van der Waals surface area contributed by atoms with E-state index in [2.05, 4.69) is 20.6 Å². The number of anilines is 1. The van der Waals surface area contributed by atoms with Gasteiger partial charge in [0.2, 0.25) is 0 Å². The van der Waals surface area contributed by atoms with E-state index >= 15 is 0 Å². The third-order valence-corrected chi connectivity index (χ3v) is 5.07. The fourth-order valence-corrected chi connectivity index (χ4v) is 3.65. The van der Waals surface area contributed by atoms with Crippen molar-refractivity contribution < 1.29 is 14.1 Å². The third kappa shape index (κ3) is 3.69. The summed E-state index contributed by atoms with van der Waals surface area (Å²) in [6, 6.07) is 15.2. The van der Waals surface area contributed by atoms with E-state index in [4.69, 9.17) is 16.3 Å². The molecule has 4 rings (SSSR count). The Morgan fingerprint density at radius 1 is 1.19 bits per heavy atom. The Bertz CT molecular complexity index is 962. The number of rotatable bonds is 5. The Hall–Kier alpha value is -2.79. The molecule has 0 unspecified atom stereocenters. The molecule has 0 bridgehead atoms. The molecule has 0 radical (unpaired) electrons. The smallest absolute Gasteiger partial charge is 0.266 e. The Morgan fingerprint density at radius 2 is 1.93 bits per heavy atom. The lowest BCUT2D eigenvalue weighted by Gasteiger charge is -2.05. The molecule has 1 amide bonds. The number of fused-ring (bicyclic) bond motifs is 1.